The van der Waals surface area contributed by atoms with Crippen molar-refractivity contribution in [1.82, 2.24) is 19.7 Å². The number of nitrogens with zero attached hydrogens (tertiary/aromatic N) is 5. The van der Waals surface area contributed by atoms with Crippen LogP contribution in [0.25, 0.3) is 10.2 Å². The molecule has 166 valence electrons. The summed E-state index contributed by atoms with van der Waals surface area (Å²) < 4.78 is 8.43. The molecule has 0 aliphatic carbocycles. The fraction of sp³-hybridized carbons (Fsp3) is 0.522. The van der Waals surface area contributed by atoms with Crippen LogP contribution in [0.1, 0.15) is 40.7 Å². The monoisotopic (exact) mass is 441 g/mol. The molecule has 0 spiro atoms. The van der Waals surface area contributed by atoms with Gasteiger partial charge in [0.25, 0.3) is 5.91 Å². The minimum atomic E-state index is -0.0780. The normalized spacial score (nSPS) is 15.0. The molecule has 1 fully saturated rings. The van der Waals surface area contributed by atoms with E-state index in [-0.39, 0.29) is 5.91 Å². The van der Waals surface area contributed by atoms with Gasteiger partial charge in [-0.2, -0.15) is 5.10 Å². The van der Waals surface area contributed by atoms with Gasteiger partial charge in [0.05, 0.1) is 23.4 Å². The Labute approximate surface area is 187 Å². The van der Waals surface area contributed by atoms with E-state index < -0.39 is 0 Å². The van der Waals surface area contributed by atoms with E-state index in [9.17, 15) is 4.79 Å². The van der Waals surface area contributed by atoms with E-state index in [0.717, 1.165) is 72.4 Å². The molecule has 7 nitrogen and oxygen atoms in total. The zero-order valence-corrected chi connectivity index (χ0v) is 19.7. The number of anilines is 1. The highest BCUT2D eigenvalue weighted by Crippen LogP contribution is 2.32. The Kier molecular flexibility index (Phi) is 6.69. The molecule has 2 aromatic heterocycles. The fourth-order valence-corrected chi connectivity index (χ4v) is 5.27. The van der Waals surface area contributed by atoms with Gasteiger partial charge in [-0.25, -0.2) is 4.98 Å². The highest BCUT2D eigenvalue weighted by molar-refractivity contribution is 7.22. The van der Waals surface area contributed by atoms with E-state index in [0.29, 0.717) is 12.2 Å². The second-order valence-corrected chi connectivity index (χ2v) is 9.19. The lowest BCUT2D eigenvalue weighted by Crippen LogP contribution is -2.39. The van der Waals surface area contributed by atoms with Gasteiger partial charge in [0.1, 0.15) is 0 Å². The zero-order valence-electron chi connectivity index (χ0n) is 18.8. The number of hydrogen-bond acceptors (Lipinski definition) is 6. The van der Waals surface area contributed by atoms with Crippen LogP contribution in [0, 0.1) is 20.8 Å². The van der Waals surface area contributed by atoms with Gasteiger partial charge in [0.15, 0.2) is 10.8 Å². The third-order valence-corrected chi connectivity index (χ3v) is 6.78. The minimum absolute atomic E-state index is 0.0780. The van der Waals surface area contributed by atoms with Crippen molar-refractivity contribution in [3.63, 3.8) is 0 Å². The van der Waals surface area contributed by atoms with Gasteiger partial charge >= 0.3 is 0 Å². The molecule has 0 N–H and O–H groups in total. The van der Waals surface area contributed by atoms with Gasteiger partial charge in [0, 0.05) is 38.4 Å². The van der Waals surface area contributed by atoms with E-state index in [1.807, 2.05) is 29.5 Å². The van der Waals surface area contributed by atoms with Crippen molar-refractivity contribution < 1.29 is 9.53 Å². The lowest BCUT2D eigenvalue weighted by molar-refractivity contribution is 0.0376. The first-order valence-corrected chi connectivity index (χ1v) is 11.8. The van der Waals surface area contributed by atoms with Crippen LogP contribution in [0.3, 0.4) is 0 Å². The van der Waals surface area contributed by atoms with E-state index in [4.69, 9.17) is 9.72 Å². The number of carbonyl (C=O) groups excluding carboxylic acids is 1. The molecule has 0 radical (unpaired) electrons. The predicted octanol–water partition coefficient (Wildman–Crippen LogP) is 3.81. The average molecular weight is 442 g/mol. The molecule has 0 saturated carbocycles. The summed E-state index contributed by atoms with van der Waals surface area (Å²) in [7, 11) is 0. The number of hydrogen-bond donors (Lipinski definition) is 0. The van der Waals surface area contributed by atoms with Gasteiger partial charge in [-0.15, -0.1) is 0 Å². The van der Waals surface area contributed by atoms with E-state index in [1.165, 1.54) is 5.56 Å². The summed E-state index contributed by atoms with van der Waals surface area (Å²) in [5.74, 6) is -0.0780. The Bertz CT molecular complexity index is 1070. The van der Waals surface area contributed by atoms with E-state index >= 15 is 0 Å². The molecule has 0 unspecified atom stereocenters. The van der Waals surface area contributed by atoms with Crippen molar-refractivity contribution in [2.75, 3.05) is 44.3 Å². The molecule has 3 aromatic rings. The molecule has 1 aromatic carbocycles. The number of morpholine rings is 1. The van der Waals surface area contributed by atoms with Crippen molar-refractivity contribution in [1.29, 1.82) is 0 Å². The van der Waals surface area contributed by atoms with Gasteiger partial charge in [-0.3, -0.25) is 19.3 Å². The largest absolute Gasteiger partial charge is 0.379 e. The van der Waals surface area contributed by atoms with Gasteiger partial charge in [-0.1, -0.05) is 17.4 Å². The molecular weight excluding hydrogens is 410 g/mol. The molecule has 4 rings (SSSR count). The summed E-state index contributed by atoms with van der Waals surface area (Å²) in [6.45, 7) is 14.0. The van der Waals surface area contributed by atoms with Gasteiger partial charge in [-0.05, 0) is 57.4 Å². The van der Waals surface area contributed by atoms with Crippen LogP contribution >= 0.6 is 11.3 Å². The number of rotatable bonds is 7. The third-order valence-electron chi connectivity index (χ3n) is 5.75. The summed E-state index contributed by atoms with van der Waals surface area (Å²) in [6.07, 6.45) is 0.882. The van der Waals surface area contributed by atoms with Crippen molar-refractivity contribution in [3.05, 3.63) is 40.7 Å². The number of carbonyl (C=O) groups is 1. The quantitative estimate of drug-likeness (QED) is 0.558. The molecule has 3 heterocycles. The molecule has 1 aliphatic rings. The van der Waals surface area contributed by atoms with Crippen molar-refractivity contribution in [2.24, 2.45) is 0 Å². The van der Waals surface area contributed by atoms with Crippen LogP contribution in [0.15, 0.2) is 18.2 Å². The Morgan fingerprint density at radius 3 is 2.68 bits per heavy atom. The smallest absolute Gasteiger partial charge is 0.280 e. The highest BCUT2D eigenvalue weighted by atomic mass is 32.1. The van der Waals surface area contributed by atoms with Crippen LogP contribution in [-0.2, 0) is 11.3 Å². The number of amides is 1. The second-order valence-electron chi connectivity index (χ2n) is 8.18. The Morgan fingerprint density at radius 1 is 1.19 bits per heavy atom. The summed E-state index contributed by atoms with van der Waals surface area (Å²) >= 11 is 1.59. The SMILES string of the molecule is CCn1nc(C(=O)N(CCCN2CCOCC2)c2nc3c(C)cc(C)cc3s2)cc1C. The fourth-order valence-electron chi connectivity index (χ4n) is 4.11. The lowest BCUT2D eigenvalue weighted by Gasteiger charge is -2.27. The zero-order chi connectivity index (χ0) is 22.0. The number of fused-ring (bicyclic) bond motifs is 1. The Hall–Kier alpha value is -2.29. The third kappa shape index (κ3) is 4.81. The molecule has 8 heteroatoms. The van der Waals surface area contributed by atoms with Gasteiger partial charge < -0.3 is 4.74 Å². The van der Waals surface area contributed by atoms with Crippen molar-refractivity contribution in [3.8, 4) is 0 Å². The maximum Gasteiger partial charge on any atom is 0.280 e. The Balaban J connectivity index is 1.61. The second kappa shape index (κ2) is 9.46. The predicted molar refractivity (Wildman–Crippen MR) is 125 cm³/mol. The first-order chi connectivity index (χ1) is 15.0. The lowest BCUT2D eigenvalue weighted by atomic mass is 10.1. The van der Waals surface area contributed by atoms with E-state index in [1.54, 1.807) is 11.3 Å². The topological polar surface area (TPSA) is 63.5 Å². The van der Waals surface area contributed by atoms with Gasteiger partial charge in [0.2, 0.25) is 0 Å². The molecule has 0 bridgehead atoms. The van der Waals surface area contributed by atoms with Crippen LogP contribution in [0.5, 0.6) is 0 Å². The number of aromatic nitrogens is 3. The Morgan fingerprint density at radius 2 is 1.97 bits per heavy atom. The standard InChI is InChI=1S/C23H31N5O2S/c1-5-28-18(4)15-19(25-28)22(29)27(8-6-7-26-9-11-30-12-10-26)23-24-21-17(3)13-16(2)14-20(21)31-23/h13-15H,5-12H2,1-4H3. The van der Waals surface area contributed by atoms with Crippen molar-refractivity contribution in [2.45, 2.75) is 40.7 Å². The van der Waals surface area contributed by atoms with Crippen LogP contribution < -0.4 is 4.90 Å². The summed E-state index contributed by atoms with van der Waals surface area (Å²) in [5.41, 5.74) is 4.81. The molecule has 1 amide bonds. The van der Waals surface area contributed by atoms with Crippen LogP contribution in [0.2, 0.25) is 0 Å². The number of aryl methyl sites for hydroxylation is 4. The average Bonchev–Trinajstić information content (AvgIpc) is 3.35. The van der Waals surface area contributed by atoms with Crippen LogP contribution in [0.4, 0.5) is 5.13 Å². The number of thiazole rings is 1. The summed E-state index contributed by atoms with van der Waals surface area (Å²) in [6, 6.07) is 6.17. The molecule has 31 heavy (non-hydrogen) atoms. The van der Waals surface area contributed by atoms with Crippen LogP contribution in [-0.4, -0.2) is 65.0 Å². The summed E-state index contributed by atoms with van der Waals surface area (Å²) in [5, 5.41) is 5.28. The van der Waals surface area contributed by atoms with E-state index in [2.05, 4.69) is 36.0 Å². The van der Waals surface area contributed by atoms with Crippen molar-refractivity contribution >= 4 is 32.6 Å². The molecule has 0 atom stereocenters. The minimum Gasteiger partial charge on any atom is -0.379 e. The maximum atomic E-state index is 13.5. The molecule has 1 aliphatic heterocycles. The number of benzene rings is 1. The highest BCUT2D eigenvalue weighted by Gasteiger charge is 2.24. The molecule has 1 saturated heterocycles. The summed E-state index contributed by atoms with van der Waals surface area (Å²) in [4.78, 5) is 22.6. The first-order valence-electron chi connectivity index (χ1n) is 11.0. The maximum absolute atomic E-state index is 13.5. The number of ether oxygens (including phenoxy) is 1. The molecular formula is C23H31N5O2S. The first kappa shape index (κ1) is 21.9.